The van der Waals surface area contributed by atoms with Gasteiger partial charge in [0.1, 0.15) is 0 Å². The summed E-state index contributed by atoms with van der Waals surface area (Å²) in [5, 5.41) is 20.1. The highest BCUT2D eigenvalue weighted by Gasteiger charge is 2.35. The van der Waals surface area contributed by atoms with Crippen molar-refractivity contribution in [2.75, 3.05) is 20.3 Å². The number of carbonyl (C=O) groups is 2. The van der Waals surface area contributed by atoms with Crippen LogP contribution in [-0.4, -0.2) is 78.2 Å². The Balaban J connectivity index is 2.21. The lowest BCUT2D eigenvalue weighted by Crippen LogP contribution is -2.52. The van der Waals surface area contributed by atoms with Crippen LogP contribution in [0.3, 0.4) is 0 Å². The highest BCUT2D eigenvalue weighted by atomic mass is 35.5. The minimum absolute atomic E-state index is 0.0130. The molecule has 2 aromatic rings. The van der Waals surface area contributed by atoms with Crippen molar-refractivity contribution in [1.29, 1.82) is 0 Å². The summed E-state index contributed by atoms with van der Waals surface area (Å²) in [6, 6.07) is 10.7. The second kappa shape index (κ2) is 16.9. The van der Waals surface area contributed by atoms with E-state index in [0.29, 0.717) is 41.8 Å². The molecule has 0 radical (unpaired) electrons. The van der Waals surface area contributed by atoms with Crippen molar-refractivity contribution in [3.05, 3.63) is 64.7 Å². The highest BCUT2D eigenvalue weighted by molar-refractivity contribution is 7.89. The SMILES string of the molecule is CC[C@@H](CCC[C@@H](CO)N(CC(C)C)S(=O)(=O)c1ccc(CO)cc1)N(C(=O)OC)C(=O)[C@@H](N)Cc1ccccc1Cl. The van der Waals surface area contributed by atoms with Gasteiger partial charge in [-0.25, -0.2) is 18.1 Å². The number of nitrogens with two attached hydrogens (primary N) is 1. The number of rotatable bonds is 16. The maximum Gasteiger partial charge on any atom is 0.416 e. The molecule has 0 aliphatic rings. The van der Waals surface area contributed by atoms with Crippen LogP contribution in [0.1, 0.15) is 57.6 Å². The third kappa shape index (κ3) is 9.48. The number of benzene rings is 2. The topological polar surface area (TPSA) is 150 Å². The molecule has 0 aromatic heterocycles. The zero-order chi connectivity index (χ0) is 31.4. The summed E-state index contributed by atoms with van der Waals surface area (Å²) < 4.78 is 33.5. The monoisotopic (exact) mass is 625 g/mol. The summed E-state index contributed by atoms with van der Waals surface area (Å²) in [7, 11) is -2.76. The van der Waals surface area contributed by atoms with E-state index in [0.717, 1.165) is 4.90 Å². The van der Waals surface area contributed by atoms with Crippen molar-refractivity contribution < 1.29 is 33.0 Å². The van der Waals surface area contributed by atoms with E-state index < -0.39 is 46.8 Å². The van der Waals surface area contributed by atoms with Crippen LogP contribution in [0.4, 0.5) is 4.79 Å². The number of halogens is 1. The normalized spacial score (nSPS) is 14.0. The predicted octanol–water partition coefficient (Wildman–Crippen LogP) is 3.95. The number of hydrogen-bond donors (Lipinski definition) is 3. The van der Waals surface area contributed by atoms with Gasteiger partial charge in [-0.1, -0.05) is 62.7 Å². The Hall–Kier alpha value is -2.54. The first kappa shape index (κ1) is 35.7. The molecule has 0 aliphatic carbocycles. The Morgan fingerprint density at radius 2 is 1.64 bits per heavy atom. The van der Waals surface area contributed by atoms with Crippen LogP contribution in [0.2, 0.25) is 5.02 Å². The molecule has 0 unspecified atom stereocenters. The molecule has 0 saturated carbocycles. The molecule has 0 fully saturated rings. The molecule has 4 N–H and O–H groups in total. The molecule has 2 aromatic carbocycles. The van der Waals surface area contributed by atoms with Crippen molar-refractivity contribution in [3.8, 4) is 0 Å². The van der Waals surface area contributed by atoms with Gasteiger partial charge in [0.05, 0.1) is 31.3 Å². The van der Waals surface area contributed by atoms with Gasteiger partial charge in [0, 0.05) is 23.7 Å². The molecule has 0 spiro atoms. The lowest BCUT2D eigenvalue weighted by molar-refractivity contribution is -0.133. The third-order valence-electron chi connectivity index (χ3n) is 7.11. The largest absolute Gasteiger partial charge is 0.452 e. The number of nitrogens with zero attached hydrogens (tertiary/aromatic N) is 2. The van der Waals surface area contributed by atoms with E-state index in [1.165, 1.54) is 23.5 Å². The van der Waals surface area contributed by atoms with Crippen molar-refractivity contribution in [3.63, 3.8) is 0 Å². The molecule has 0 bridgehead atoms. The molecule has 42 heavy (non-hydrogen) atoms. The van der Waals surface area contributed by atoms with Gasteiger partial charge in [0.25, 0.3) is 0 Å². The minimum Gasteiger partial charge on any atom is -0.452 e. The molecule has 0 aliphatic heterocycles. The highest BCUT2D eigenvalue weighted by Crippen LogP contribution is 2.25. The van der Waals surface area contributed by atoms with Crippen LogP contribution in [-0.2, 0) is 32.6 Å². The molecular weight excluding hydrogens is 582 g/mol. The minimum atomic E-state index is -3.95. The summed E-state index contributed by atoms with van der Waals surface area (Å²) >= 11 is 6.24. The third-order valence-corrected chi connectivity index (χ3v) is 9.41. The number of hydrogen-bond acceptors (Lipinski definition) is 8. The number of aliphatic hydroxyl groups is 2. The Morgan fingerprint density at radius 1 is 1.02 bits per heavy atom. The first-order chi connectivity index (χ1) is 19.9. The van der Waals surface area contributed by atoms with E-state index in [2.05, 4.69) is 0 Å². The van der Waals surface area contributed by atoms with Gasteiger partial charge < -0.3 is 20.7 Å². The zero-order valence-corrected chi connectivity index (χ0v) is 26.4. The van der Waals surface area contributed by atoms with Gasteiger partial charge in [-0.05, 0) is 67.3 Å². The van der Waals surface area contributed by atoms with E-state index in [-0.39, 0.29) is 30.4 Å². The number of methoxy groups -OCH3 is 1. The standard InChI is InChI=1S/C30H44ClN3O7S/c1-5-24(34(30(38)41-4)29(37)28(32)17-23-9-6-7-12-27(23)31)10-8-11-25(20-36)33(18-21(2)3)42(39,40)26-15-13-22(19-35)14-16-26/h6-7,9,12-16,21,24-25,28,35-36H,5,8,10-11,17-20,32H2,1-4H3/t24-,25-,28-/m0/s1. The van der Waals surface area contributed by atoms with Gasteiger partial charge in [0.15, 0.2) is 0 Å². The van der Waals surface area contributed by atoms with E-state index >= 15 is 0 Å². The van der Waals surface area contributed by atoms with Crippen LogP contribution >= 0.6 is 11.6 Å². The first-order valence-electron chi connectivity index (χ1n) is 14.1. The molecule has 10 nitrogen and oxygen atoms in total. The van der Waals surface area contributed by atoms with E-state index in [1.807, 2.05) is 20.8 Å². The molecule has 0 saturated heterocycles. The average molecular weight is 626 g/mol. The number of aliphatic hydroxyl groups excluding tert-OH is 2. The van der Waals surface area contributed by atoms with E-state index in [4.69, 9.17) is 22.1 Å². The average Bonchev–Trinajstić information content (AvgIpc) is 2.98. The summed E-state index contributed by atoms with van der Waals surface area (Å²) in [6.07, 6.45) is 0.800. The van der Waals surface area contributed by atoms with Gasteiger partial charge in [-0.2, -0.15) is 4.31 Å². The van der Waals surface area contributed by atoms with Crippen molar-refractivity contribution in [2.24, 2.45) is 11.7 Å². The fourth-order valence-electron chi connectivity index (χ4n) is 4.82. The van der Waals surface area contributed by atoms with Crippen molar-refractivity contribution >= 4 is 33.6 Å². The first-order valence-corrected chi connectivity index (χ1v) is 15.9. The zero-order valence-electron chi connectivity index (χ0n) is 24.8. The maximum atomic E-state index is 13.6. The van der Waals surface area contributed by atoms with E-state index in [9.17, 15) is 28.2 Å². The maximum absolute atomic E-state index is 13.6. The van der Waals surface area contributed by atoms with Crippen molar-refractivity contribution in [2.45, 2.75) is 82.5 Å². The number of amides is 2. The molecule has 12 heteroatoms. The summed E-state index contributed by atoms with van der Waals surface area (Å²) in [6.45, 7) is 5.21. The van der Waals surface area contributed by atoms with Gasteiger partial charge in [-0.3, -0.25) is 4.79 Å². The molecule has 2 amide bonds. The second-order valence-corrected chi connectivity index (χ2v) is 13.0. The molecule has 2 rings (SSSR count). The quantitative estimate of drug-likeness (QED) is 0.254. The summed E-state index contributed by atoms with van der Waals surface area (Å²) in [4.78, 5) is 27.3. The molecule has 3 atom stereocenters. The molecule has 0 heterocycles. The fourth-order valence-corrected chi connectivity index (χ4v) is 6.84. The molecule has 234 valence electrons. The van der Waals surface area contributed by atoms with Gasteiger partial charge in [0.2, 0.25) is 15.9 Å². The van der Waals surface area contributed by atoms with E-state index in [1.54, 1.807) is 36.4 Å². The van der Waals surface area contributed by atoms with Crippen LogP contribution in [0.25, 0.3) is 0 Å². The Labute approximate surface area is 254 Å². The lowest BCUT2D eigenvalue weighted by Gasteiger charge is -2.33. The van der Waals surface area contributed by atoms with Crippen LogP contribution < -0.4 is 5.73 Å². The predicted molar refractivity (Wildman–Crippen MR) is 162 cm³/mol. The lowest BCUT2D eigenvalue weighted by atomic mass is 10.0. The second-order valence-electron chi connectivity index (χ2n) is 10.7. The summed E-state index contributed by atoms with van der Waals surface area (Å²) in [5.41, 5.74) is 7.50. The van der Waals surface area contributed by atoms with Crippen LogP contribution in [0.15, 0.2) is 53.4 Å². The van der Waals surface area contributed by atoms with Crippen LogP contribution in [0, 0.1) is 5.92 Å². The van der Waals surface area contributed by atoms with Gasteiger partial charge in [-0.15, -0.1) is 0 Å². The smallest absolute Gasteiger partial charge is 0.416 e. The number of imide groups is 1. The summed E-state index contributed by atoms with van der Waals surface area (Å²) in [5.74, 6) is -0.608. The van der Waals surface area contributed by atoms with Crippen molar-refractivity contribution in [1.82, 2.24) is 9.21 Å². The number of sulfonamides is 1. The van der Waals surface area contributed by atoms with Gasteiger partial charge >= 0.3 is 6.09 Å². The Kier molecular flexibility index (Phi) is 14.4. The van der Waals surface area contributed by atoms with Crippen LogP contribution in [0.5, 0.6) is 0 Å². The number of ether oxygens (including phenoxy) is 1. The fraction of sp³-hybridized carbons (Fsp3) is 0.533. The Morgan fingerprint density at radius 3 is 2.17 bits per heavy atom. The number of carbonyl (C=O) groups excluding carboxylic acids is 2. The molecular formula is C30H44ClN3O7S. The Bertz CT molecular complexity index is 1260.